The van der Waals surface area contributed by atoms with Gasteiger partial charge in [-0.05, 0) is 56.0 Å². The van der Waals surface area contributed by atoms with Crippen LogP contribution in [0.2, 0.25) is 0 Å². The summed E-state index contributed by atoms with van der Waals surface area (Å²) >= 11 is 0. The van der Waals surface area contributed by atoms with Gasteiger partial charge in [0.05, 0.1) is 19.6 Å². The molecule has 0 N–H and O–H groups in total. The van der Waals surface area contributed by atoms with Crippen molar-refractivity contribution in [2.75, 3.05) is 13.2 Å². The molecule has 25 heavy (non-hydrogen) atoms. The lowest BCUT2D eigenvalue weighted by atomic mass is 10.1. The molecule has 0 spiro atoms. The highest BCUT2D eigenvalue weighted by molar-refractivity contribution is 5.73. The van der Waals surface area contributed by atoms with E-state index in [-0.39, 0.29) is 12.4 Å². The van der Waals surface area contributed by atoms with Gasteiger partial charge in [-0.15, -0.1) is 0 Å². The lowest BCUT2D eigenvalue weighted by molar-refractivity contribution is -0.134. The van der Waals surface area contributed by atoms with E-state index in [1.807, 2.05) is 50.2 Å². The van der Waals surface area contributed by atoms with Gasteiger partial charge in [0.25, 0.3) is 0 Å². The van der Waals surface area contributed by atoms with E-state index >= 15 is 0 Å². The van der Waals surface area contributed by atoms with Crippen LogP contribution in [0.15, 0.2) is 42.5 Å². The van der Waals surface area contributed by atoms with E-state index in [1.165, 1.54) is 0 Å². The average Bonchev–Trinajstić information content (AvgIpc) is 2.63. The van der Waals surface area contributed by atoms with Crippen molar-refractivity contribution < 1.29 is 19.0 Å². The summed E-state index contributed by atoms with van der Waals surface area (Å²) in [6, 6.07) is 13.4. The fourth-order valence-corrected chi connectivity index (χ4v) is 2.54. The molecule has 0 saturated carbocycles. The van der Waals surface area contributed by atoms with Crippen LogP contribution in [0, 0.1) is 0 Å². The van der Waals surface area contributed by atoms with Gasteiger partial charge in [0, 0.05) is 0 Å². The Morgan fingerprint density at radius 2 is 1.60 bits per heavy atom. The number of benzene rings is 2. The summed E-state index contributed by atoms with van der Waals surface area (Å²) in [5.74, 6) is 1.63. The average molecular weight is 342 g/mol. The summed E-state index contributed by atoms with van der Waals surface area (Å²) in [5, 5.41) is 0. The molecule has 0 heterocycles. The lowest BCUT2D eigenvalue weighted by Crippen LogP contribution is -2.11. The molecule has 2 rings (SSSR count). The van der Waals surface area contributed by atoms with Gasteiger partial charge in [0.15, 0.2) is 11.5 Å². The monoisotopic (exact) mass is 342 g/mol. The first kappa shape index (κ1) is 18.8. The Labute approximate surface area is 149 Å². The van der Waals surface area contributed by atoms with Crippen LogP contribution in [0.5, 0.6) is 17.2 Å². The fraction of sp³-hybridized carbons (Fsp3) is 0.381. The van der Waals surface area contributed by atoms with Crippen LogP contribution in [0.3, 0.4) is 0 Å². The third-order valence-corrected chi connectivity index (χ3v) is 3.81. The van der Waals surface area contributed by atoms with Crippen LogP contribution >= 0.6 is 0 Å². The van der Waals surface area contributed by atoms with Gasteiger partial charge < -0.3 is 14.2 Å². The number of hydrogen-bond acceptors (Lipinski definition) is 4. The van der Waals surface area contributed by atoms with E-state index in [0.29, 0.717) is 31.1 Å². The Balaban J connectivity index is 2.01. The molecule has 0 unspecified atom stereocenters. The van der Waals surface area contributed by atoms with Crippen molar-refractivity contribution in [1.82, 2.24) is 0 Å². The molecule has 0 atom stereocenters. The zero-order chi connectivity index (χ0) is 18.1. The van der Waals surface area contributed by atoms with Crippen molar-refractivity contribution in [1.29, 1.82) is 0 Å². The van der Waals surface area contributed by atoms with E-state index < -0.39 is 0 Å². The molecule has 0 aliphatic carbocycles. The zero-order valence-corrected chi connectivity index (χ0v) is 15.2. The fourth-order valence-electron chi connectivity index (χ4n) is 2.54. The number of carbonyl (C=O) groups excluding carboxylic acids is 1. The molecule has 0 bridgehead atoms. The Morgan fingerprint density at radius 1 is 0.880 bits per heavy atom. The Bertz CT molecular complexity index is 694. The van der Waals surface area contributed by atoms with Crippen molar-refractivity contribution in [2.24, 2.45) is 0 Å². The normalized spacial score (nSPS) is 10.4. The van der Waals surface area contributed by atoms with Crippen molar-refractivity contribution in [3.05, 3.63) is 53.6 Å². The maximum atomic E-state index is 12.2. The molecule has 4 nitrogen and oxygen atoms in total. The van der Waals surface area contributed by atoms with Crippen molar-refractivity contribution in [3.8, 4) is 17.2 Å². The summed E-state index contributed by atoms with van der Waals surface area (Å²) in [7, 11) is 0. The molecule has 0 saturated heterocycles. The standard InChI is InChI=1S/C21H26O4/c1-4-16-11-13-19(20(15-16)24-6-3)25-21(22)14-12-17-9-7-8-10-18(17)23-5-2/h7-11,13,15H,4-6,12,14H2,1-3H3. The molecule has 0 aliphatic heterocycles. The van der Waals surface area contributed by atoms with Crippen LogP contribution in [-0.2, 0) is 17.6 Å². The highest BCUT2D eigenvalue weighted by Gasteiger charge is 2.12. The largest absolute Gasteiger partial charge is 0.494 e. The van der Waals surface area contributed by atoms with Gasteiger partial charge in [-0.2, -0.15) is 0 Å². The van der Waals surface area contributed by atoms with Crippen LogP contribution in [0.25, 0.3) is 0 Å². The number of rotatable bonds is 9. The van der Waals surface area contributed by atoms with Crippen LogP contribution in [-0.4, -0.2) is 19.2 Å². The predicted molar refractivity (Wildman–Crippen MR) is 98.6 cm³/mol. The first-order valence-electron chi connectivity index (χ1n) is 8.85. The minimum atomic E-state index is -0.281. The van der Waals surface area contributed by atoms with E-state index in [9.17, 15) is 4.79 Å². The minimum absolute atomic E-state index is 0.281. The second-order valence-electron chi connectivity index (χ2n) is 5.58. The Kier molecular flexibility index (Phi) is 7.33. The first-order chi connectivity index (χ1) is 12.2. The SMILES string of the molecule is CCOc1ccccc1CCC(=O)Oc1ccc(CC)cc1OCC. The van der Waals surface area contributed by atoms with Crippen molar-refractivity contribution >= 4 is 5.97 Å². The quantitative estimate of drug-likeness (QED) is 0.494. The maximum absolute atomic E-state index is 12.2. The van der Waals surface area contributed by atoms with E-state index in [2.05, 4.69) is 6.92 Å². The molecule has 2 aromatic rings. The van der Waals surface area contributed by atoms with Crippen LogP contribution in [0.1, 0.15) is 38.3 Å². The van der Waals surface area contributed by atoms with Crippen LogP contribution in [0.4, 0.5) is 0 Å². The molecule has 0 fully saturated rings. The first-order valence-corrected chi connectivity index (χ1v) is 8.85. The summed E-state index contributed by atoms with van der Waals surface area (Å²) in [6.45, 7) is 7.06. The third-order valence-electron chi connectivity index (χ3n) is 3.81. The van der Waals surface area contributed by atoms with Gasteiger partial charge in [0.2, 0.25) is 0 Å². The second kappa shape index (κ2) is 9.72. The lowest BCUT2D eigenvalue weighted by Gasteiger charge is -2.12. The van der Waals surface area contributed by atoms with Crippen LogP contribution < -0.4 is 14.2 Å². The molecule has 0 aromatic heterocycles. The van der Waals surface area contributed by atoms with Gasteiger partial charge in [-0.3, -0.25) is 4.79 Å². The summed E-state index contributed by atoms with van der Waals surface area (Å²) in [5.41, 5.74) is 2.15. The number of para-hydroxylation sites is 1. The van der Waals surface area contributed by atoms with Crippen molar-refractivity contribution in [2.45, 2.75) is 40.0 Å². The van der Waals surface area contributed by atoms with Gasteiger partial charge in [-0.25, -0.2) is 0 Å². The zero-order valence-electron chi connectivity index (χ0n) is 15.2. The molecule has 4 heteroatoms. The highest BCUT2D eigenvalue weighted by Crippen LogP contribution is 2.29. The molecule has 0 radical (unpaired) electrons. The van der Waals surface area contributed by atoms with E-state index in [4.69, 9.17) is 14.2 Å². The maximum Gasteiger partial charge on any atom is 0.311 e. The molecule has 0 aliphatic rings. The van der Waals surface area contributed by atoms with E-state index in [0.717, 1.165) is 23.3 Å². The number of esters is 1. The molecule has 134 valence electrons. The number of aryl methyl sites for hydroxylation is 2. The third kappa shape index (κ3) is 5.52. The summed E-state index contributed by atoms with van der Waals surface area (Å²) in [6.07, 6.45) is 1.76. The summed E-state index contributed by atoms with van der Waals surface area (Å²) < 4.78 is 16.7. The second-order valence-corrected chi connectivity index (χ2v) is 5.58. The predicted octanol–water partition coefficient (Wildman–Crippen LogP) is 4.58. The molecule has 0 amide bonds. The Morgan fingerprint density at radius 3 is 2.32 bits per heavy atom. The van der Waals surface area contributed by atoms with Gasteiger partial charge in [0.1, 0.15) is 5.75 Å². The van der Waals surface area contributed by atoms with E-state index in [1.54, 1.807) is 6.07 Å². The number of hydrogen-bond donors (Lipinski definition) is 0. The topological polar surface area (TPSA) is 44.8 Å². The molecular formula is C21H26O4. The molecular weight excluding hydrogens is 316 g/mol. The highest BCUT2D eigenvalue weighted by atomic mass is 16.6. The van der Waals surface area contributed by atoms with Crippen molar-refractivity contribution in [3.63, 3.8) is 0 Å². The number of ether oxygens (including phenoxy) is 3. The summed E-state index contributed by atoms with van der Waals surface area (Å²) in [4.78, 5) is 12.2. The van der Waals surface area contributed by atoms with Gasteiger partial charge in [-0.1, -0.05) is 31.2 Å². The Hall–Kier alpha value is -2.49. The van der Waals surface area contributed by atoms with Gasteiger partial charge >= 0.3 is 5.97 Å². The molecule has 2 aromatic carbocycles. The number of carbonyl (C=O) groups is 1. The minimum Gasteiger partial charge on any atom is -0.494 e. The smallest absolute Gasteiger partial charge is 0.311 e.